The molecule has 0 saturated heterocycles. The molecule has 0 aliphatic carbocycles. The van der Waals surface area contributed by atoms with Crippen molar-refractivity contribution >= 4 is 17.2 Å². The predicted octanol–water partition coefficient (Wildman–Crippen LogP) is 3.04. The van der Waals surface area contributed by atoms with Crippen molar-refractivity contribution in [3.05, 3.63) is 66.4 Å². The first-order valence-electron chi connectivity index (χ1n) is 6.69. The van der Waals surface area contributed by atoms with Gasteiger partial charge in [0.1, 0.15) is 5.82 Å². The van der Waals surface area contributed by atoms with Gasteiger partial charge >= 0.3 is 0 Å². The summed E-state index contributed by atoms with van der Waals surface area (Å²) < 4.78 is 15.3. The Morgan fingerprint density at radius 3 is 2.90 bits per heavy atom. The number of hydrogen-bond acceptors (Lipinski definition) is 2. The number of carbonyl (C=O) groups is 1. The number of amides is 1. The van der Waals surface area contributed by atoms with Crippen molar-refractivity contribution in [2.75, 3.05) is 5.32 Å². The Kier molecular flexibility index (Phi) is 3.64. The van der Waals surface area contributed by atoms with Gasteiger partial charge in [-0.1, -0.05) is 18.2 Å². The summed E-state index contributed by atoms with van der Waals surface area (Å²) in [5.74, 6) is -0.435. The van der Waals surface area contributed by atoms with Gasteiger partial charge in [-0.2, -0.15) is 0 Å². The van der Waals surface area contributed by atoms with E-state index < -0.39 is 0 Å². The molecule has 1 N–H and O–H groups in total. The zero-order chi connectivity index (χ0) is 14.7. The lowest BCUT2D eigenvalue weighted by atomic mass is 10.1. The van der Waals surface area contributed by atoms with Crippen LogP contribution in [-0.2, 0) is 11.2 Å². The fourth-order valence-electron chi connectivity index (χ4n) is 2.21. The van der Waals surface area contributed by atoms with Crippen molar-refractivity contribution in [1.29, 1.82) is 0 Å². The van der Waals surface area contributed by atoms with Gasteiger partial charge in [0.25, 0.3) is 0 Å². The molecule has 3 aromatic rings. The van der Waals surface area contributed by atoms with Gasteiger partial charge in [0.15, 0.2) is 5.65 Å². The Morgan fingerprint density at radius 2 is 2.05 bits per heavy atom. The lowest BCUT2D eigenvalue weighted by molar-refractivity contribution is -0.116. The van der Waals surface area contributed by atoms with E-state index in [1.165, 1.54) is 6.07 Å². The maximum Gasteiger partial charge on any atom is 0.224 e. The number of pyridine rings is 1. The average molecular weight is 283 g/mol. The summed E-state index contributed by atoms with van der Waals surface area (Å²) in [6, 6.07) is 10.1. The van der Waals surface area contributed by atoms with Gasteiger partial charge in [-0.3, -0.25) is 4.79 Å². The number of anilines is 1. The third-order valence-electron chi connectivity index (χ3n) is 3.27. The number of hydrogen-bond donors (Lipinski definition) is 1. The van der Waals surface area contributed by atoms with Gasteiger partial charge in [-0.25, -0.2) is 9.37 Å². The van der Waals surface area contributed by atoms with E-state index in [1.807, 2.05) is 22.9 Å². The summed E-state index contributed by atoms with van der Waals surface area (Å²) >= 11 is 0. The first-order chi connectivity index (χ1) is 10.2. The van der Waals surface area contributed by atoms with Gasteiger partial charge in [0.05, 0.1) is 5.69 Å². The van der Waals surface area contributed by atoms with E-state index in [4.69, 9.17) is 0 Å². The van der Waals surface area contributed by atoms with Crippen molar-refractivity contribution in [2.45, 2.75) is 12.8 Å². The number of nitrogens with zero attached hydrogens (tertiary/aromatic N) is 2. The van der Waals surface area contributed by atoms with Crippen molar-refractivity contribution < 1.29 is 9.18 Å². The van der Waals surface area contributed by atoms with E-state index >= 15 is 0 Å². The Hall–Kier alpha value is -2.69. The Labute approximate surface area is 121 Å². The zero-order valence-corrected chi connectivity index (χ0v) is 11.3. The molecule has 106 valence electrons. The number of carbonyl (C=O) groups excluding carboxylic acids is 1. The average Bonchev–Trinajstić information content (AvgIpc) is 2.96. The summed E-state index contributed by atoms with van der Waals surface area (Å²) in [4.78, 5) is 16.2. The molecule has 4 nitrogen and oxygen atoms in total. The monoisotopic (exact) mass is 283 g/mol. The second-order valence-electron chi connectivity index (χ2n) is 4.72. The van der Waals surface area contributed by atoms with Gasteiger partial charge in [0, 0.05) is 25.0 Å². The summed E-state index contributed by atoms with van der Waals surface area (Å²) in [5, 5.41) is 2.82. The zero-order valence-electron chi connectivity index (χ0n) is 11.3. The highest BCUT2D eigenvalue weighted by atomic mass is 19.1. The molecule has 0 atom stereocenters. The lowest BCUT2D eigenvalue weighted by Crippen LogP contribution is -2.13. The quantitative estimate of drug-likeness (QED) is 0.800. The summed E-state index contributed by atoms with van der Waals surface area (Å²) in [6.07, 6.45) is 5.94. The molecule has 0 aliphatic rings. The number of aryl methyl sites for hydroxylation is 1. The van der Waals surface area contributed by atoms with Crippen LogP contribution in [0.25, 0.3) is 5.65 Å². The molecule has 2 aromatic heterocycles. The van der Waals surface area contributed by atoms with Crippen molar-refractivity contribution in [2.24, 2.45) is 0 Å². The van der Waals surface area contributed by atoms with Gasteiger partial charge in [-0.15, -0.1) is 0 Å². The molecule has 0 unspecified atom stereocenters. The second kappa shape index (κ2) is 5.75. The molecule has 0 saturated carbocycles. The molecule has 1 aromatic carbocycles. The number of rotatable bonds is 4. The van der Waals surface area contributed by atoms with Crippen LogP contribution in [0.1, 0.15) is 12.0 Å². The molecule has 1 amide bonds. The van der Waals surface area contributed by atoms with Crippen LogP contribution in [0, 0.1) is 5.82 Å². The van der Waals surface area contributed by atoms with Gasteiger partial charge in [-0.05, 0) is 30.2 Å². The Morgan fingerprint density at radius 1 is 1.19 bits per heavy atom. The summed E-state index contributed by atoms with van der Waals surface area (Å²) in [6.45, 7) is 0. The first kappa shape index (κ1) is 13.3. The van der Waals surface area contributed by atoms with Crippen LogP contribution in [0.2, 0.25) is 0 Å². The maximum absolute atomic E-state index is 13.5. The fraction of sp³-hybridized carbons (Fsp3) is 0.125. The molecule has 0 fully saturated rings. The van der Waals surface area contributed by atoms with Crippen LogP contribution in [0.5, 0.6) is 0 Å². The summed E-state index contributed by atoms with van der Waals surface area (Å²) in [7, 11) is 0. The third-order valence-corrected chi connectivity index (χ3v) is 3.27. The SMILES string of the molecule is O=C(CCc1ccccc1F)Nc1cccn2ccnc12. The van der Waals surface area contributed by atoms with Crippen molar-refractivity contribution in [3.8, 4) is 0 Å². The van der Waals surface area contributed by atoms with Crippen molar-refractivity contribution in [1.82, 2.24) is 9.38 Å². The number of imidazole rings is 1. The number of benzene rings is 1. The van der Waals surface area contributed by atoms with E-state index in [1.54, 1.807) is 30.5 Å². The highest BCUT2D eigenvalue weighted by Gasteiger charge is 2.08. The highest BCUT2D eigenvalue weighted by Crippen LogP contribution is 2.15. The van der Waals surface area contributed by atoms with E-state index in [0.29, 0.717) is 23.3 Å². The molecule has 5 heteroatoms. The van der Waals surface area contributed by atoms with Crippen LogP contribution in [0.3, 0.4) is 0 Å². The molecular formula is C16H14FN3O. The predicted molar refractivity (Wildman–Crippen MR) is 78.5 cm³/mol. The molecule has 3 rings (SSSR count). The van der Waals surface area contributed by atoms with Crippen LogP contribution < -0.4 is 5.32 Å². The minimum absolute atomic E-state index is 0.158. The maximum atomic E-state index is 13.5. The second-order valence-corrected chi connectivity index (χ2v) is 4.72. The Bertz CT molecular complexity index is 782. The molecule has 21 heavy (non-hydrogen) atoms. The van der Waals surface area contributed by atoms with Crippen LogP contribution in [-0.4, -0.2) is 15.3 Å². The highest BCUT2D eigenvalue weighted by molar-refractivity contribution is 5.94. The van der Waals surface area contributed by atoms with E-state index in [0.717, 1.165) is 0 Å². The van der Waals surface area contributed by atoms with E-state index in [9.17, 15) is 9.18 Å². The fourth-order valence-corrected chi connectivity index (χ4v) is 2.21. The molecule has 2 heterocycles. The minimum atomic E-state index is -0.277. The Balaban J connectivity index is 1.67. The standard InChI is InChI=1S/C16H14FN3O/c17-13-5-2-1-4-12(13)7-8-15(21)19-14-6-3-10-20-11-9-18-16(14)20/h1-6,9-11H,7-8H2,(H,19,21). The van der Waals surface area contributed by atoms with E-state index in [-0.39, 0.29) is 18.1 Å². The van der Waals surface area contributed by atoms with Crippen LogP contribution in [0.15, 0.2) is 55.0 Å². The molecule has 0 aliphatic heterocycles. The van der Waals surface area contributed by atoms with Crippen molar-refractivity contribution in [3.63, 3.8) is 0 Å². The van der Waals surface area contributed by atoms with E-state index in [2.05, 4.69) is 10.3 Å². The van der Waals surface area contributed by atoms with Crippen LogP contribution >= 0.6 is 0 Å². The lowest BCUT2D eigenvalue weighted by Gasteiger charge is -2.07. The first-order valence-corrected chi connectivity index (χ1v) is 6.69. The third kappa shape index (κ3) is 2.91. The number of aromatic nitrogens is 2. The molecular weight excluding hydrogens is 269 g/mol. The molecule has 0 spiro atoms. The summed E-state index contributed by atoms with van der Waals surface area (Å²) in [5.41, 5.74) is 1.89. The topological polar surface area (TPSA) is 46.4 Å². The van der Waals surface area contributed by atoms with Gasteiger partial charge < -0.3 is 9.72 Å². The normalized spacial score (nSPS) is 10.7. The molecule has 0 radical (unpaired) electrons. The van der Waals surface area contributed by atoms with Crippen LogP contribution in [0.4, 0.5) is 10.1 Å². The number of nitrogens with one attached hydrogen (secondary N) is 1. The largest absolute Gasteiger partial charge is 0.323 e. The minimum Gasteiger partial charge on any atom is -0.323 e. The molecule has 0 bridgehead atoms. The smallest absolute Gasteiger partial charge is 0.224 e. The number of halogens is 1. The number of fused-ring (bicyclic) bond motifs is 1. The van der Waals surface area contributed by atoms with Gasteiger partial charge in [0.2, 0.25) is 5.91 Å².